The number of ether oxygens (including phenoxy) is 2. The quantitative estimate of drug-likeness (QED) is 0.272. The SMILES string of the molecule is COc1ccc(-c2cc(-c3ccccc3)nc(/C(=N/N)c3ccccc3O)n2)cc1OC. The minimum absolute atomic E-state index is 0.0399. The standard InChI is InChI=1S/C25H22N4O3/c1-31-22-13-12-17(14-23(22)32-2)20-15-19(16-8-4-3-5-9-16)27-25(28-20)24(29-26)18-10-6-7-11-21(18)30/h3-15,30H,26H2,1-2H3/b29-24+. The van der Waals surface area contributed by atoms with Crippen LogP contribution >= 0.6 is 0 Å². The molecule has 0 aliphatic heterocycles. The highest BCUT2D eigenvalue weighted by Gasteiger charge is 2.18. The minimum Gasteiger partial charge on any atom is -0.507 e. The normalized spacial score (nSPS) is 11.2. The van der Waals surface area contributed by atoms with E-state index >= 15 is 0 Å². The fourth-order valence-corrected chi connectivity index (χ4v) is 3.37. The number of nitrogens with zero attached hydrogens (tertiary/aromatic N) is 3. The van der Waals surface area contributed by atoms with Crippen molar-refractivity contribution in [3.63, 3.8) is 0 Å². The van der Waals surface area contributed by atoms with Crippen LogP contribution in [0, 0.1) is 0 Å². The smallest absolute Gasteiger partial charge is 0.181 e. The first-order valence-electron chi connectivity index (χ1n) is 9.88. The van der Waals surface area contributed by atoms with Crippen LogP contribution in [0.4, 0.5) is 0 Å². The molecule has 4 rings (SSSR count). The summed E-state index contributed by atoms with van der Waals surface area (Å²) in [5, 5.41) is 14.3. The van der Waals surface area contributed by atoms with E-state index in [2.05, 4.69) is 5.10 Å². The number of benzene rings is 3. The van der Waals surface area contributed by atoms with Gasteiger partial charge in [-0.25, -0.2) is 9.97 Å². The Balaban J connectivity index is 1.93. The van der Waals surface area contributed by atoms with E-state index in [0.717, 1.165) is 11.1 Å². The van der Waals surface area contributed by atoms with Crippen molar-refractivity contribution in [1.29, 1.82) is 0 Å². The van der Waals surface area contributed by atoms with Gasteiger partial charge >= 0.3 is 0 Å². The second-order valence-electron chi connectivity index (χ2n) is 6.89. The maximum atomic E-state index is 10.3. The molecule has 0 bridgehead atoms. The monoisotopic (exact) mass is 426 g/mol. The van der Waals surface area contributed by atoms with Gasteiger partial charge in [0, 0.05) is 16.7 Å². The molecule has 3 aromatic carbocycles. The number of hydrazone groups is 1. The van der Waals surface area contributed by atoms with Gasteiger partial charge in [0.25, 0.3) is 0 Å². The van der Waals surface area contributed by atoms with Crippen molar-refractivity contribution in [2.75, 3.05) is 14.2 Å². The summed E-state index contributed by atoms with van der Waals surface area (Å²) in [5.74, 6) is 7.26. The third-order valence-electron chi connectivity index (χ3n) is 4.98. The lowest BCUT2D eigenvalue weighted by Crippen LogP contribution is -2.12. The average molecular weight is 426 g/mol. The van der Waals surface area contributed by atoms with Gasteiger partial charge in [0.1, 0.15) is 11.5 Å². The molecule has 3 N–H and O–H groups in total. The number of hydrogen-bond acceptors (Lipinski definition) is 7. The van der Waals surface area contributed by atoms with Gasteiger partial charge in [0.15, 0.2) is 17.3 Å². The molecule has 0 unspecified atom stereocenters. The zero-order valence-electron chi connectivity index (χ0n) is 17.7. The third kappa shape index (κ3) is 4.09. The first kappa shape index (κ1) is 20.9. The molecule has 0 saturated carbocycles. The molecule has 0 amide bonds. The van der Waals surface area contributed by atoms with E-state index in [4.69, 9.17) is 25.3 Å². The summed E-state index contributed by atoms with van der Waals surface area (Å²) in [7, 11) is 3.17. The third-order valence-corrected chi connectivity index (χ3v) is 4.98. The summed E-state index contributed by atoms with van der Waals surface area (Å²) in [6.07, 6.45) is 0. The van der Waals surface area contributed by atoms with E-state index in [0.29, 0.717) is 34.3 Å². The van der Waals surface area contributed by atoms with E-state index in [1.807, 2.05) is 54.6 Å². The molecule has 0 spiro atoms. The number of nitrogens with two attached hydrogens (primary N) is 1. The van der Waals surface area contributed by atoms with E-state index in [1.54, 1.807) is 38.5 Å². The Labute approximate surface area is 185 Å². The van der Waals surface area contributed by atoms with Gasteiger partial charge in [-0.15, -0.1) is 0 Å². The van der Waals surface area contributed by atoms with E-state index < -0.39 is 0 Å². The molecule has 0 radical (unpaired) electrons. The molecular weight excluding hydrogens is 404 g/mol. The lowest BCUT2D eigenvalue weighted by Gasteiger charge is -2.13. The van der Waals surface area contributed by atoms with Crippen molar-refractivity contribution in [1.82, 2.24) is 9.97 Å². The molecular formula is C25H22N4O3. The van der Waals surface area contributed by atoms with Gasteiger partial charge in [0.2, 0.25) is 0 Å². The van der Waals surface area contributed by atoms with Crippen LogP contribution in [0.3, 0.4) is 0 Å². The van der Waals surface area contributed by atoms with Crippen LogP contribution in [0.2, 0.25) is 0 Å². The summed E-state index contributed by atoms with van der Waals surface area (Å²) >= 11 is 0. The van der Waals surface area contributed by atoms with Crippen LogP contribution in [0.1, 0.15) is 11.4 Å². The summed E-state index contributed by atoms with van der Waals surface area (Å²) in [6, 6.07) is 24.0. The Bertz CT molecular complexity index is 1270. The summed E-state index contributed by atoms with van der Waals surface area (Å²) in [6.45, 7) is 0. The molecule has 0 fully saturated rings. The topological polar surface area (TPSA) is 103 Å². The van der Waals surface area contributed by atoms with Crippen LogP contribution in [-0.2, 0) is 0 Å². The van der Waals surface area contributed by atoms with E-state index in [9.17, 15) is 5.11 Å². The first-order valence-corrected chi connectivity index (χ1v) is 9.88. The highest BCUT2D eigenvalue weighted by molar-refractivity contribution is 6.12. The molecule has 7 heteroatoms. The van der Waals surface area contributed by atoms with Crippen molar-refractivity contribution < 1.29 is 14.6 Å². The van der Waals surface area contributed by atoms with E-state index in [-0.39, 0.29) is 11.5 Å². The maximum absolute atomic E-state index is 10.3. The number of para-hydroxylation sites is 1. The number of hydrogen-bond donors (Lipinski definition) is 2. The molecule has 160 valence electrons. The van der Waals surface area contributed by atoms with Gasteiger partial charge in [-0.2, -0.15) is 5.10 Å². The Morgan fingerprint density at radius 1 is 0.781 bits per heavy atom. The highest BCUT2D eigenvalue weighted by Crippen LogP contribution is 2.33. The van der Waals surface area contributed by atoms with Crippen molar-refractivity contribution in [2.45, 2.75) is 0 Å². The summed E-state index contributed by atoms with van der Waals surface area (Å²) in [4.78, 5) is 9.42. The summed E-state index contributed by atoms with van der Waals surface area (Å²) in [5.41, 5.74) is 3.77. The minimum atomic E-state index is 0.0399. The molecule has 0 aliphatic carbocycles. The number of aromatic nitrogens is 2. The molecule has 32 heavy (non-hydrogen) atoms. The number of phenolic OH excluding ortho intramolecular Hbond substituents is 1. The van der Waals surface area contributed by atoms with Crippen LogP contribution < -0.4 is 15.3 Å². The average Bonchev–Trinajstić information content (AvgIpc) is 2.85. The lowest BCUT2D eigenvalue weighted by atomic mass is 10.0. The van der Waals surface area contributed by atoms with Crippen molar-refractivity contribution >= 4 is 5.71 Å². The predicted molar refractivity (Wildman–Crippen MR) is 124 cm³/mol. The van der Waals surface area contributed by atoms with Crippen LogP contribution in [0.15, 0.2) is 84.0 Å². The number of aromatic hydroxyl groups is 1. The fourth-order valence-electron chi connectivity index (χ4n) is 3.37. The predicted octanol–water partition coefficient (Wildman–Crippen LogP) is 4.24. The maximum Gasteiger partial charge on any atom is 0.181 e. The zero-order chi connectivity index (χ0) is 22.5. The Kier molecular flexibility index (Phi) is 5.98. The zero-order valence-corrected chi connectivity index (χ0v) is 17.7. The second kappa shape index (κ2) is 9.18. The number of phenols is 1. The number of methoxy groups -OCH3 is 2. The van der Waals surface area contributed by atoms with Gasteiger partial charge in [-0.1, -0.05) is 42.5 Å². The van der Waals surface area contributed by atoms with Crippen LogP contribution in [0.25, 0.3) is 22.5 Å². The van der Waals surface area contributed by atoms with Crippen LogP contribution in [-0.4, -0.2) is 35.0 Å². The van der Waals surface area contributed by atoms with E-state index in [1.165, 1.54) is 0 Å². The first-order chi connectivity index (χ1) is 15.6. The number of rotatable bonds is 6. The molecule has 4 aromatic rings. The molecule has 7 nitrogen and oxygen atoms in total. The Hall–Kier alpha value is -4.39. The second-order valence-corrected chi connectivity index (χ2v) is 6.89. The van der Waals surface area contributed by atoms with Crippen molar-refractivity contribution in [2.24, 2.45) is 10.9 Å². The van der Waals surface area contributed by atoms with Crippen LogP contribution in [0.5, 0.6) is 17.2 Å². The van der Waals surface area contributed by atoms with Gasteiger partial charge in [-0.3, -0.25) is 0 Å². The van der Waals surface area contributed by atoms with Gasteiger partial charge in [-0.05, 0) is 36.4 Å². The fraction of sp³-hybridized carbons (Fsp3) is 0.0800. The van der Waals surface area contributed by atoms with Gasteiger partial charge in [0.05, 0.1) is 25.6 Å². The van der Waals surface area contributed by atoms with Crippen molar-refractivity contribution in [3.8, 4) is 39.8 Å². The Morgan fingerprint density at radius 3 is 2.09 bits per heavy atom. The molecule has 0 atom stereocenters. The molecule has 0 aliphatic rings. The lowest BCUT2D eigenvalue weighted by molar-refractivity contribution is 0.355. The molecule has 1 aromatic heterocycles. The van der Waals surface area contributed by atoms with Gasteiger partial charge < -0.3 is 20.4 Å². The molecule has 0 saturated heterocycles. The largest absolute Gasteiger partial charge is 0.507 e. The molecule has 1 heterocycles. The van der Waals surface area contributed by atoms with Crippen molar-refractivity contribution in [3.05, 3.63) is 90.3 Å². The summed E-state index contributed by atoms with van der Waals surface area (Å²) < 4.78 is 10.8. The Morgan fingerprint density at radius 2 is 1.44 bits per heavy atom. The highest BCUT2D eigenvalue weighted by atomic mass is 16.5.